The highest BCUT2D eigenvalue weighted by molar-refractivity contribution is 7.99. The van der Waals surface area contributed by atoms with E-state index in [9.17, 15) is 0 Å². The van der Waals surface area contributed by atoms with Crippen LogP contribution in [0.5, 0.6) is 0 Å². The summed E-state index contributed by atoms with van der Waals surface area (Å²) in [6.07, 6.45) is 2.21. The van der Waals surface area contributed by atoms with Crippen molar-refractivity contribution in [1.82, 2.24) is 15.2 Å². The Hall–Kier alpha value is -5.81. The Morgan fingerprint density at radius 3 is 2.10 bits per heavy atom. The molecular weight excluding hydrogens is 639 g/mol. The fourth-order valence-corrected chi connectivity index (χ4v) is 10.2. The van der Waals surface area contributed by atoms with E-state index in [-0.39, 0.29) is 12.2 Å². The highest BCUT2D eigenvalue weighted by Gasteiger charge is 2.49. The molecule has 1 spiro atoms. The van der Waals surface area contributed by atoms with Gasteiger partial charge < -0.3 is 9.88 Å². The molecular formula is C47H33N3S. The Balaban J connectivity index is 1.18. The molecule has 3 nitrogen and oxygen atoms in total. The molecule has 0 radical (unpaired) electrons. The van der Waals surface area contributed by atoms with E-state index in [1.165, 1.54) is 76.2 Å². The van der Waals surface area contributed by atoms with Crippen molar-refractivity contribution in [2.24, 2.45) is 0 Å². The lowest BCUT2D eigenvalue weighted by Gasteiger charge is -2.45. The standard InChI is InChI=1S/C47H33N3S/c1-3-14-30(15-4-1)39-29-40(31-16-5-2-6-17-31)49-46(48-39)32-26-27-44-38(28-32)47(36-21-9-12-25-43(36)51-44)35-20-8-11-24-42(35)50-41-23-10-7-18-33(41)34-19-13-22-37(47)45(34)50/h1-29,39,46,48-49H. The largest absolute Gasteiger partial charge is 0.366 e. The number of fused-ring (bicyclic) bond motifs is 11. The van der Waals surface area contributed by atoms with Crippen molar-refractivity contribution in [1.29, 1.82) is 0 Å². The van der Waals surface area contributed by atoms with E-state index < -0.39 is 5.41 Å². The molecule has 0 fully saturated rings. The predicted octanol–water partition coefficient (Wildman–Crippen LogP) is 10.9. The van der Waals surface area contributed by atoms with Crippen LogP contribution in [0.15, 0.2) is 186 Å². The maximum atomic E-state index is 3.98. The number of benzene rings is 7. The number of nitrogens with zero attached hydrogens (tertiary/aromatic N) is 1. The molecule has 3 aliphatic heterocycles. The van der Waals surface area contributed by atoms with Gasteiger partial charge in [0, 0.05) is 26.3 Å². The highest BCUT2D eigenvalue weighted by atomic mass is 32.2. The summed E-state index contributed by atoms with van der Waals surface area (Å²) in [5, 5.41) is 10.5. The molecule has 4 heterocycles. The van der Waals surface area contributed by atoms with Gasteiger partial charge in [-0.15, -0.1) is 0 Å². The van der Waals surface area contributed by atoms with Crippen LogP contribution in [0.4, 0.5) is 0 Å². The summed E-state index contributed by atoms with van der Waals surface area (Å²) in [6.45, 7) is 0. The molecule has 0 aliphatic carbocycles. The number of nitrogens with one attached hydrogen (secondary N) is 2. The molecule has 1 aromatic heterocycles. The molecule has 11 rings (SSSR count). The normalized spacial score (nSPS) is 20.0. The molecule has 7 aromatic carbocycles. The molecule has 0 saturated heterocycles. The molecule has 4 heteroatoms. The van der Waals surface area contributed by atoms with Crippen LogP contribution < -0.4 is 10.6 Å². The molecule has 3 unspecified atom stereocenters. The monoisotopic (exact) mass is 671 g/mol. The number of rotatable bonds is 3. The predicted molar refractivity (Wildman–Crippen MR) is 209 cm³/mol. The maximum Gasteiger partial charge on any atom is 0.104 e. The van der Waals surface area contributed by atoms with E-state index >= 15 is 0 Å². The number of hydrogen-bond donors (Lipinski definition) is 2. The summed E-state index contributed by atoms with van der Waals surface area (Å²) in [5.41, 5.74) is 13.4. The second-order valence-electron chi connectivity index (χ2n) is 13.8. The first-order valence-electron chi connectivity index (χ1n) is 17.7. The molecule has 3 atom stereocenters. The minimum absolute atomic E-state index is 0.0487. The van der Waals surface area contributed by atoms with Gasteiger partial charge in [0.2, 0.25) is 0 Å². The molecule has 3 aliphatic rings. The maximum absolute atomic E-state index is 3.98. The summed E-state index contributed by atoms with van der Waals surface area (Å²) >= 11 is 1.89. The molecule has 2 N–H and O–H groups in total. The van der Waals surface area contributed by atoms with Gasteiger partial charge in [0.25, 0.3) is 0 Å². The molecule has 0 amide bonds. The van der Waals surface area contributed by atoms with Gasteiger partial charge >= 0.3 is 0 Å². The van der Waals surface area contributed by atoms with E-state index in [2.05, 4.69) is 191 Å². The lowest BCUT2D eigenvalue weighted by molar-refractivity contribution is 0.441. The fraction of sp³-hybridized carbons (Fsp3) is 0.0638. The lowest BCUT2D eigenvalue weighted by Crippen LogP contribution is -2.41. The van der Waals surface area contributed by atoms with E-state index in [1.807, 2.05) is 11.8 Å². The zero-order valence-electron chi connectivity index (χ0n) is 27.8. The van der Waals surface area contributed by atoms with Gasteiger partial charge in [-0.3, -0.25) is 5.32 Å². The topological polar surface area (TPSA) is 29.0 Å². The second-order valence-corrected chi connectivity index (χ2v) is 14.8. The van der Waals surface area contributed by atoms with Gasteiger partial charge in [0.05, 0.1) is 28.2 Å². The van der Waals surface area contributed by atoms with Gasteiger partial charge in [0.15, 0.2) is 0 Å². The summed E-state index contributed by atoms with van der Waals surface area (Å²) < 4.78 is 2.51. The molecule has 8 aromatic rings. The van der Waals surface area contributed by atoms with Crippen LogP contribution in [0.25, 0.3) is 33.2 Å². The van der Waals surface area contributed by atoms with Gasteiger partial charge in [-0.2, -0.15) is 0 Å². The van der Waals surface area contributed by atoms with Crippen molar-refractivity contribution in [3.05, 3.63) is 215 Å². The second kappa shape index (κ2) is 11.1. The first kappa shape index (κ1) is 29.0. The number of para-hydroxylation sites is 3. The van der Waals surface area contributed by atoms with Crippen molar-refractivity contribution in [2.75, 3.05) is 0 Å². The van der Waals surface area contributed by atoms with Crippen LogP contribution in [0, 0.1) is 0 Å². The van der Waals surface area contributed by atoms with Gasteiger partial charge in [-0.05, 0) is 75.4 Å². The van der Waals surface area contributed by atoms with Crippen LogP contribution in [0.1, 0.15) is 51.2 Å². The van der Waals surface area contributed by atoms with Crippen LogP contribution in [0.3, 0.4) is 0 Å². The lowest BCUT2D eigenvalue weighted by atomic mass is 9.62. The molecule has 51 heavy (non-hydrogen) atoms. The van der Waals surface area contributed by atoms with Gasteiger partial charge in [-0.1, -0.05) is 151 Å². The molecule has 242 valence electrons. The van der Waals surface area contributed by atoms with E-state index in [4.69, 9.17) is 0 Å². The minimum atomic E-state index is -0.515. The van der Waals surface area contributed by atoms with Crippen LogP contribution in [-0.2, 0) is 5.41 Å². The quantitative estimate of drug-likeness (QED) is 0.196. The van der Waals surface area contributed by atoms with Crippen LogP contribution in [0.2, 0.25) is 0 Å². The SMILES string of the molecule is C1=C(c2ccccc2)NC(c2ccc3c(c2)C2(c4ccccc4S3)c3ccccc3-n3c4ccccc4c4cccc2c43)NC1c1ccccc1. The molecule has 0 saturated carbocycles. The smallest absolute Gasteiger partial charge is 0.104 e. The van der Waals surface area contributed by atoms with E-state index in [0.29, 0.717) is 0 Å². The van der Waals surface area contributed by atoms with E-state index in [0.717, 1.165) is 5.70 Å². The first-order chi connectivity index (χ1) is 25.3. The van der Waals surface area contributed by atoms with Crippen molar-refractivity contribution >= 4 is 39.3 Å². The number of hydrogen-bond acceptors (Lipinski definition) is 3. The Bertz CT molecular complexity index is 2690. The summed E-state index contributed by atoms with van der Waals surface area (Å²) in [6, 6.07) is 62.7. The average molecular weight is 672 g/mol. The Labute approximate surface area is 301 Å². The Morgan fingerprint density at radius 2 is 1.22 bits per heavy atom. The number of aromatic nitrogens is 1. The average Bonchev–Trinajstić information content (AvgIpc) is 3.55. The third-order valence-corrected chi connectivity index (χ3v) is 12.3. The van der Waals surface area contributed by atoms with E-state index in [1.54, 1.807) is 0 Å². The highest BCUT2D eigenvalue weighted by Crippen LogP contribution is 2.60. The summed E-state index contributed by atoms with van der Waals surface area (Å²) in [4.78, 5) is 2.60. The Kier molecular flexibility index (Phi) is 6.30. The Morgan fingerprint density at radius 1 is 0.529 bits per heavy atom. The first-order valence-corrected chi connectivity index (χ1v) is 18.5. The van der Waals surface area contributed by atoms with Crippen LogP contribution >= 0.6 is 11.8 Å². The zero-order chi connectivity index (χ0) is 33.5. The van der Waals surface area contributed by atoms with Crippen molar-refractivity contribution in [2.45, 2.75) is 27.4 Å². The van der Waals surface area contributed by atoms with Crippen molar-refractivity contribution < 1.29 is 0 Å². The van der Waals surface area contributed by atoms with Gasteiger partial charge in [0.1, 0.15) is 6.17 Å². The summed E-state index contributed by atoms with van der Waals surface area (Å²) in [7, 11) is 0. The summed E-state index contributed by atoms with van der Waals surface area (Å²) in [5.74, 6) is 0. The van der Waals surface area contributed by atoms with Gasteiger partial charge in [-0.25, -0.2) is 0 Å². The zero-order valence-corrected chi connectivity index (χ0v) is 28.6. The third kappa shape index (κ3) is 4.12. The fourth-order valence-electron chi connectivity index (χ4n) is 8.99. The van der Waals surface area contributed by atoms with Crippen molar-refractivity contribution in [3.63, 3.8) is 0 Å². The van der Waals surface area contributed by atoms with Crippen molar-refractivity contribution in [3.8, 4) is 5.69 Å². The molecule has 0 bridgehead atoms. The van der Waals surface area contributed by atoms with Crippen LogP contribution in [-0.4, -0.2) is 4.57 Å². The minimum Gasteiger partial charge on any atom is -0.366 e. The third-order valence-electron chi connectivity index (χ3n) is 11.1.